The second kappa shape index (κ2) is 10.0. The van der Waals surface area contributed by atoms with Crippen molar-refractivity contribution in [2.75, 3.05) is 18.8 Å². The predicted octanol–water partition coefficient (Wildman–Crippen LogP) is 5.85. The van der Waals surface area contributed by atoms with Crippen molar-refractivity contribution in [2.45, 2.75) is 31.7 Å². The molecule has 190 valence electrons. The largest absolute Gasteiger partial charge is 0.457 e. The topological polar surface area (TPSA) is 90.6 Å². The Balaban J connectivity index is 1.30. The van der Waals surface area contributed by atoms with Crippen molar-refractivity contribution in [3.63, 3.8) is 0 Å². The third-order valence-corrected chi connectivity index (χ3v) is 7.22. The van der Waals surface area contributed by atoms with Crippen molar-refractivity contribution in [3.8, 4) is 22.6 Å². The van der Waals surface area contributed by atoms with Crippen LogP contribution < -0.4 is 10.5 Å². The molecule has 0 radical (unpaired) electrons. The van der Waals surface area contributed by atoms with Crippen molar-refractivity contribution in [2.24, 2.45) is 5.92 Å². The van der Waals surface area contributed by atoms with Crippen LogP contribution in [-0.2, 0) is 4.79 Å². The molecule has 2 aromatic carbocycles. The number of fused-ring (bicyclic) bond motifs is 1. The van der Waals surface area contributed by atoms with Crippen molar-refractivity contribution < 1.29 is 9.53 Å². The number of ether oxygens (including phenoxy) is 1. The Labute approximate surface area is 221 Å². The molecule has 1 aliphatic heterocycles. The first-order chi connectivity index (χ1) is 18.6. The Kier molecular flexibility index (Phi) is 6.26. The van der Waals surface area contributed by atoms with Crippen molar-refractivity contribution >= 4 is 22.8 Å². The lowest BCUT2D eigenvalue weighted by atomic mass is 10.0. The zero-order valence-corrected chi connectivity index (χ0v) is 21.0. The molecule has 4 aromatic rings. The van der Waals surface area contributed by atoms with E-state index in [0.29, 0.717) is 24.8 Å². The number of para-hydroxylation sites is 1. The average Bonchev–Trinajstić information content (AvgIpc) is 3.69. The van der Waals surface area contributed by atoms with E-state index in [9.17, 15) is 4.79 Å². The summed E-state index contributed by atoms with van der Waals surface area (Å²) in [6, 6.07) is 17.6. The first kappa shape index (κ1) is 23.7. The van der Waals surface area contributed by atoms with Crippen LogP contribution in [0, 0.1) is 12.5 Å². The second-order valence-electron chi connectivity index (χ2n) is 9.90. The molecule has 3 heterocycles. The maximum Gasteiger partial charge on any atom is 0.252 e. The van der Waals surface area contributed by atoms with Crippen LogP contribution in [0.1, 0.15) is 31.7 Å². The van der Waals surface area contributed by atoms with E-state index in [1.807, 2.05) is 65.6 Å². The number of benzene rings is 2. The molecule has 0 spiro atoms. The molecule has 1 amide bonds. The van der Waals surface area contributed by atoms with Gasteiger partial charge in [-0.25, -0.2) is 14.8 Å². The monoisotopic (exact) mass is 504 g/mol. The van der Waals surface area contributed by atoms with Gasteiger partial charge in [0.05, 0.1) is 18.0 Å². The first-order valence-corrected chi connectivity index (χ1v) is 12.9. The molecule has 2 N–H and O–H groups in total. The minimum atomic E-state index is -0.170. The highest BCUT2D eigenvalue weighted by Gasteiger charge is 2.30. The Morgan fingerprint density at radius 3 is 2.55 bits per heavy atom. The fourth-order valence-electron chi connectivity index (χ4n) is 5.10. The van der Waals surface area contributed by atoms with Crippen LogP contribution in [-0.4, -0.2) is 38.4 Å². The molecular formula is C30H28N6O2. The van der Waals surface area contributed by atoms with Gasteiger partial charge in [-0.3, -0.25) is 4.79 Å². The van der Waals surface area contributed by atoms with Gasteiger partial charge in [0.1, 0.15) is 29.3 Å². The van der Waals surface area contributed by atoms with Crippen molar-refractivity contribution in [1.29, 1.82) is 0 Å². The highest BCUT2D eigenvalue weighted by atomic mass is 16.5. The van der Waals surface area contributed by atoms with Crippen LogP contribution in [0.5, 0.6) is 11.5 Å². The quantitative estimate of drug-likeness (QED) is 0.263. The molecule has 2 aliphatic rings. The maximum absolute atomic E-state index is 13.2. The van der Waals surface area contributed by atoms with Crippen LogP contribution in [0.4, 0.5) is 5.82 Å². The lowest BCUT2D eigenvalue weighted by molar-refractivity contribution is -0.128. The predicted molar refractivity (Wildman–Crippen MR) is 146 cm³/mol. The standard InChI is InChI=1S/C30H28N6O2/c1-32-26(16-20-9-10-20)30(37)35-15-5-6-22(17-35)36-18-25(27-28(31)33-19-34-29(27)36)21-11-13-24(14-12-21)38-23-7-3-2-4-8-23/h2-4,7-8,11-14,16,18-20,22H,5-6,9-10,15,17H2,(H2,31,33,34)/b26-16+/t22-/m1/s1. The molecule has 8 heteroatoms. The number of carbonyl (C=O) groups is 1. The SMILES string of the molecule is [C-]#[N+]/C(=C/C1CC1)C(=O)N1CCC[C@@H](n2cc(-c3ccc(Oc4ccccc4)cc3)c3c(N)ncnc32)C1. The number of piperidine rings is 1. The summed E-state index contributed by atoms with van der Waals surface area (Å²) >= 11 is 0. The molecule has 2 aromatic heterocycles. The molecule has 6 rings (SSSR count). The number of aromatic nitrogens is 3. The van der Waals surface area contributed by atoms with Crippen LogP contribution >= 0.6 is 0 Å². The zero-order valence-electron chi connectivity index (χ0n) is 21.0. The number of rotatable bonds is 6. The molecule has 0 unspecified atom stereocenters. The number of likely N-dealkylation sites (tertiary alicyclic amines) is 1. The van der Waals surface area contributed by atoms with Gasteiger partial charge in [0, 0.05) is 24.8 Å². The van der Waals surface area contributed by atoms with E-state index < -0.39 is 0 Å². The Hall–Kier alpha value is -4.64. The average molecular weight is 505 g/mol. The molecule has 2 fully saturated rings. The van der Waals surface area contributed by atoms with E-state index in [-0.39, 0.29) is 17.6 Å². The second-order valence-corrected chi connectivity index (χ2v) is 9.90. The number of carbonyl (C=O) groups excluding carboxylic acids is 1. The number of nitrogens with two attached hydrogens (primary N) is 1. The molecule has 1 saturated heterocycles. The van der Waals surface area contributed by atoms with E-state index in [0.717, 1.165) is 59.3 Å². The third-order valence-electron chi connectivity index (χ3n) is 7.22. The van der Waals surface area contributed by atoms with E-state index in [2.05, 4.69) is 25.6 Å². The van der Waals surface area contributed by atoms with Crippen molar-refractivity contribution in [3.05, 3.63) is 90.3 Å². The number of nitrogens with zero attached hydrogens (tertiary/aromatic N) is 5. The smallest absolute Gasteiger partial charge is 0.252 e. The number of allylic oxidation sites excluding steroid dienone is 1. The van der Waals surface area contributed by atoms with Gasteiger partial charge >= 0.3 is 0 Å². The Bertz CT molecular complexity index is 1550. The summed E-state index contributed by atoms with van der Waals surface area (Å²) in [7, 11) is 0. The lowest BCUT2D eigenvalue weighted by Crippen LogP contribution is -2.41. The molecule has 1 aliphatic carbocycles. The normalized spacial score (nSPS) is 17.8. The highest BCUT2D eigenvalue weighted by molar-refractivity contribution is 6.00. The minimum Gasteiger partial charge on any atom is -0.457 e. The number of amides is 1. The number of anilines is 1. The van der Waals surface area contributed by atoms with Gasteiger partial charge in [-0.05, 0) is 61.4 Å². The highest BCUT2D eigenvalue weighted by Crippen LogP contribution is 2.37. The molecule has 1 saturated carbocycles. The van der Waals surface area contributed by atoms with Gasteiger partial charge in [0.25, 0.3) is 5.91 Å². The molecule has 38 heavy (non-hydrogen) atoms. The van der Waals surface area contributed by atoms with E-state index in [1.165, 1.54) is 6.33 Å². The lowest BCUT2D eigenvalue weighted by Gasteiger charge is -2.34. The molecular weight excluding hydrogens is 476 g/mol. The fraction of sp³-hybridized carbons (Fsp3) is 0.267. The van der Waals surface area contributed by atoms with E-state index in [4.69, 9.17) is 17.0 Å². The van der Waals surface area contributed by atoms with Crippen LogP contribution in [0.2, 0.25) is 0 Å². The summed E-state index contributed by atoms with van der Waals surface area (Å²) < 4.78 is 8.08. The Morgan fingerprint density at radius 2 is 1.82 bits per heavy atom. The summed E-state index contributed by atoms with van der Waals surface area (Å²) in [5.41, 5.74) is 9.26. The molecule has 1 atom stereocenters. The summed E-state index contributed by atoms with van der Waals surface area (Å²) in [6.45, 7) is 8.69. The van der Waals surface area contributed by atoms with E-state index in [1.54, 1.807) is 0 Å². The molecule has 0 bridgehead atoms. The van der Waals surface area contributed by atoms with Gasteiger partial charge in [-0.15, -0.1) is 0 Å². The maximum atomic E-state index is 13.2. The van der Waals surface area contributed by atoms with Gasteiger partial charge < -0.3 is 19.9 Å². The van der Waals surface area contributed by atoms with Gasteiger partial charge in [0.15, 0.2) is 0 Å². The van der Waals surface area contributed by atoms with Crippen LogP contribution in [0.15, 0.2) is 78.9 Å². The number of hydrogen-bond acceptors (Lipinski definition) is 5. The summed E-state index contributed by atoms with van der Waals surface area (Å²) in [6.07, 6.45) is 9.28. The van der Waals surface area contributed by atoms with Gasteiger partial charge in [0.2, 0.25) is 5.70 Å². The van der Waals surface area contributed by atoms with Gasteiger partial charge in [-0.2, -0.15) is 0 Å². The molecule has 8 nitrogen and oxygen atoms in total. The third kappa shape index (κ3) is 4.71. The van der Waals surface area contributed by atoms with Crippen LogP contribution in [0.3, 0.4) is 0 Å². The minimum absolute atomic E-state index is 0.0202. The number of nitrogen functional groups attached to an aromatic ring is 1. The first-order valence-electron chi connectivity index (χ1n) is 12.9. The summed E-state index contributed by atoms with van der Waals surface area (Å²) in [5, 5.41) is 0.795. The van der Waals surface area contributed by atoms with E-state index >= 15 is 0 Å². The number of hydrogen-bond donors (Lipinski definition) is 1. The fourth-order valence-corrected chi connectivity index (χ4v) is 5.10. The van der Waals surface area contributed by atoms with Gasteiger partial charge in [-0.1, -0.05) is 36.4 Å². The van der Waals surface area contributed by atoms with Crippen molar-refractivity contribution in [1.82, 2.24) is 19.4 Å². The zero-order chi connectivity index (χ0) is 26.1. The Morgan fingerprint density at radius 1 is 1.05 bits per heavy atom. The van der Waals surface area contributed by atoms with Crippen LogP contribution in [0.25, 0.3) is 27.0 Å². The summed E-state index contributed by atoms with van der Waals surface area (Å²) in [5.74, 6) is 2.14. The summed E-state index contributed by atoms with van der Waals surface area (Å²) in [4.78, 5) is 27.4.